The summed E-state index contributed by atoms with van der Waals surface area (Å²) in [5.74, 6) is 0. The van der Waals surface area contributed by atoms with Gasteiger partial charge in [0.15, 0.2) is 5.13 Å². The highest BCUT2D eigenvalue weighted by Gasteiger charge is 2.31. The minimum Gasteiger partial charge on any atom is -0.383 e. The molecule has 5 nitrogen and oxygen atoms in total. The van der Waals surface area contributed by atoms with Crippen molar-refractivity contribution in [3.05, 3.63) is 10.6 Å². The number of aromatic nitrogens is 1. The van der Waals surface area contributed by atoms with E-state index in [4.69, 9.17) is 14.5 Å². The average Bonchev–Trinajstić information content (AvgIpc) is 3.20. The van der Waals surface area contributed by atoms with Crippen molar-refractivity contribution < 1.29 is 9.47 Å². The first-order valence-electron chi connectivity index (χ1n) is 7.24. The Morgan fingerprint density at radius 1 is 1.35 bits per heavy atom. The fourth-order valence-corrected chi connectivity index (χ4v) is 3.26. The average molecular weight is 299 g/mol. The van der Waals surface area contributed by atoms with E-state index in [0.717, 1.165) is 37.1 Å². The van der Waals surface area contributed by atoms with Gasteiger partial charge in [-0.3, -0.25) is 0 Å². The van der Waals surface area contributed by atoms with E-state index < -0.39 is 0 Å². The molecule has 0 unspecified atom stereocenters. The highest BCUT2D eigenvalue weighted by Crippen LogP contribution is 2.35. The smallest absolute Gasteiger partial charge is 0.186 e. The molecule has 1 heterocycles. The number of rotatable bonds is 10. The van der Waals surface area contributed by atoms with Gasteiger partial charge in [0, 0.05) is 38.2 Å². The molecule has 1 N–H and O–H groups in total. The lowest BCUT2D eigenvalue weighted by atomic mass is 10.3. The molecule has 6 heteroatoms. The lowest BCUT2D eigenvalue weighted by molar-refractivity contribution is 0.181. The fourth-order valence-electron chi connectivity index (χ4n) is 2.13. The van der Waals surface area contributed by atoms with Crippen molar-refractivity contribution in [3.8, 4) is 0 Å². The summed E-state index contributed by atoms with van der Waals surface area (Å²) >= 11 is 1.78. The van der Waals surface area contributed by atoms with Gasteiger partial charge < -0.3 is 19.7 Å². The van der Waals surface area contributed by atoms with E-state index in [-0.39, 0.29) is 0 Å². The highest BCUT2D eigenvalue weighted by molar-refractivity contribution is 7.15. The number of thiazole rings is 1. The third kappa shape index (κ3) is 4.15. The van der Waals surface area contributed by atoms with E-state index in [1.165, 1.54) is 17.7 Å². The van der Waals surface area contributed by atoms with Crippen LogP contribution in [0.5, 0.6) is 0 Å². The zero-order valence-electron chi connectivity index (χ0n) is 12.6. The fraction of sp³-hybridized carbons (Fsp3) is 0.786. The van der Waals surface area contributed by atoms with Crippen LogP contribution in [0.2, 0.25) is 0 Å². The molecule has 0 amide bonds. The zero-order valence-corrected chi connectivity index (χ0v) is 13.5. The molecule has 0 bridgehead atoms. The maximum Gasteiger partial charge on any atom is 0.186 e. The highest BCUT2D eigenvalue weighted by atomic mass is 32.1. The molecule has 0 saturated heterocycles. The molecule has 1 saturated carbocycles. The summed E-state index contributed by atoms with van der Waals surface area (Å²) in [7, 11) is 3.47. The minimum absolute atomic E-state index is 0.583. The molecule has 20 heavy (non-hydrogen) atoms. The van der Waals surface area contributed by atoms with Crippen LogP contribution in [0, 0.1) is 0 Å². The van der Waals surface area contributed by atoms with Gasteiger partial charge in [-0.05, 0) is 19.4 Å². The molecule has 114 valence electrons. The van der Waals surface area contributed by atoms with Gasteiger partial charge in [0.25, 0.3) is 0 Å². The van der Waals surface area contributed by atoms with Crippen molar-refractivity contribution in [3.63, 3.8) is 0 Å². The SMILES string of the molecule is CCNCc1sc(N(CCOC)C2CC2)nc1COC. The Kier molecular flexibility index (Phi) is 6.22. The van der Waals surface area contributed by atoms with Gasteiger partial charge in [-0.1, -0.05) is 6.92 Å². The lowest BCUT2D eigenvalue weighted by Crippen LogP contribution is -2.29. The van der Waals surface area contributed by atoms with Gasteiger partial charge in [-0.2, -0.15) is 0 Å². The monoisotopic (exact) mass is 299 g/mol. The Labute approximate surface area is 125 Å². The second kappa shape index (κ2) is 7.93. The third-order valence-electron chi connectivity index (χ3n) is 3.35. The van der Waals surface area contributed by atoms with Gasteiger partial charge in [0.2, 0.25) is 0 Å². The summed E-state index contributed by atoms with van der Waals surface area (Å²) in [5, 5.41) is 4.49. The van der Waals surface area contributed by atoms with Crippen LogP contribution in [0.1, 0.15) is 30.3 Å². The second-order valence-electron chi connectivity index (χ2n) is 5.00. The zero-order chi connectivity index (χ0) is 14.4. The molecule has 1 aromatic heterocycles. The normalized spacial score (nSPS) is 14.8. The number of ether oxygens (including phenoxy) is 2. The number of hydrogen-bond acceptors (Lipinski definition) is 6. The number of methoxy groups -OCH3 is 2. The summed E-state index contributed by atoms with van der Waals surface area (Å²) < 4.78 is 10.5. The molecule has 1 fully saturated rings. The predicted molar refractivity (Wildman–Crippen MR) is 82.5 cm³/mol. The Bertz CT molecular complexity index is 407. The van der Waals surface area contributed by atoms with Crippen molar-refractivity contribution in [1.29, 1.82) is 0 Å². The molecule has 2 rings (SSSR count). The van der Waals surface area contributed by atoms with Crippen LogP contribution in [-0.2, 0) is 22.6 Å². The molecule has 0 spiro atoms. The first kappa shape index (κ1) is 15.7. The van der Waals surface area contributed by atoms with Gasteiger partial charge in [0.05, 0.1) is 18.9 Å². The summed E-state index contributed by atoms with van der Waals surface area (Å²) in [6.45, 7) is 6.21. The molecule has 0 aromatic carbocycles. The van der Waals surface area contributed by atoms with Gasteiger partial charge >= 0.3 is 0 Å². The van der Waals surface area contributed by atoms with Crippen LogP contribution >= 0.6 is 11.3 Å². The van der Waals surface area contributed by atoms with E-state index in [9.17, 15) is 0 Å². The summed E-state index contributed by atoms with van der Waals surface area (Å²) in [4.78, 5) is 8.47. The molecule has 1 aliphatic rings. The van der Waals surface area contributed by atoms with Crippen LogP contribution < -0.4 is 10.2 Å². The van der Waals surface area contributed by atoms with Crippen molar-refractivity contribution in [2.24, 2.45) is 0 Å². The predicted octanol–water partition coefficient (Wildman–Crippen LogP) is 2.01. The van der Waals surface area contributed by atoms with Crippen LogP contribution in [-0.4, -0.2) is 44.9 Å². The first-order valence-corrected chi connectivity index (χ1v) is 8.05. The van der Waals surface area contributed by atoms with Crippen molar-refractivity contribution in [1.82, 2.24) is 10.3 Å². The lowest BCUT2D eigenvalue weighted by Gasteiger charge is -2.20. The summed E-state index contributed by atoms with van der Waals surface area (Å²) in [6, 6.07) is 0.652. The number of anilines is 1. The molecule has 1 aromatic rings. The Balaban J connectivity index is 2.11. The summed E-state index contributed by atoms with van der Waals surface area (Å²) in [6.07, 6.45) is 2.54. The standard InChI is InChI=1S/C14H25N3O2S/c1-4-15-9-13-12(10-19-3)16-14(20-13)17(7-8-18-2)11-5-6-11/h11,15H,4-10H2,1-3H3. The van der Waals surface area contributed by atoms with Crippen molar-refractivity contribution in [2.75, 3.05) is 38.8 Å². The van der Waals surface area contributed by atoms with Crippen LogP contribution in [0.3, 0.4) is 0 Å². The van der Waals surface area contributed by atoms with Gasteiger partial charge in [-0.25, -0.2) is 4.98 Å². The van der Waals surface area contributed by atoms with Gasteiger partial charge in [-0.15, -0.1) is 11.3 Å². The van der Waals surface area contributed by atoms with E-state index in [1.807, 2.05) is 0 Å². The van der Waals surface area contributed by atoms with Crippen molar-refractivity contribution >= 4 is 16.5 Å². The maximum absolute atomic E-state index is 5.27. The maximum atomic E-state index is 5.27. The van der Waals surface area contributed by atoms with E-state index >= 15 is 0 Å². The van der Waals surface area contributed by atoms with E-state index in [1.54, 1.807) is 25.6 Å². The second-order valence-corrected chi connectivity index (χ2v) is 6.06. The van der Waals surface area contributed by atoms with E-state index in [2.05, 4.69) is 17.1 Å². The quantitative estimate of drug-likeness (QED) is 0.716. The largest absolute Gasteiger partial charge is 0.383 e. The third-order valence-corrected chi connectivity index (χ3v) is 4.49. The number of nitrogens with one attached hydrogen (secondary N) is 1. The molecule has 0 aliphatic heterocycles. The Morgan fingerprint density at radius 2 is 2.15 bits per heavy atom. The van der Waals surface area contributed by atoms with Gasteiger partial charge in [0.1, 0.15) is 0 Å². The van der Waals surface area contributed by atoms with Crippen molar-refractivity contribution in [2.45, 2.75) is 39.0 Å². The molecular weight excluding hydrogens is 274 g/mol. The topological polar surface area (TPSA) is 46.6 Å². The minimum atomic E-state index is 0.583. The van der Waals surface area contributed by atoms with Crippen LogP contribution in [0.15, 0.2) is 0 Å². The van der Waals surface area contributed by atoms with E-state index in [0.29, 0.717) is 12.6 Å². The number of hydrogen-bond donors (Lipinski definition) is 1. The summed E-state index contributed by atoms with van der Waals surface area (Å²) in [5.41, 5.74) is 1.07. The first-order chi connectivity index (χ1) is 9.80. The molecule has 1 aliphatic carbocycles. The Hall–Kier alpha value is -0.690. The Morgan fingerprint density at radius 3 is 2.75 bits per heavy atom. The molecular formula is C14H25N3O2S. The van der Waals surface area contributed by atoms with Crippen LogP contribution in [0.4, 0.5) is 5.13 Å². The van der Waals surface area contributed by atoms with Crippen LogP contribution in [0.25, 0.3) is 0 Å². The molecule has 0 atom stereocenters. The molecule has 0 radical (unpaired) electrons. The number of nitrogens with zero attached hydrogens (tertiary/aromatic N) is 2.